The van der Waals surface area contributed by atoms with Crippen LogP contribution in [0.25, 0.3) is 0 Å². The van der Waals surface area contributed by atoms with Gasteiger partial charge in [0.05, 0.1) is 12.8 Å². The molecule has 2 aliphatic heterocycles. The maximum Gasteiger partial charge on any atom is 0.227 e. The number of ether oxygens (including phenoxy) is 1. The van der Waals surface area contributed by atoms with Gasteiger partial charge in [0.2, 0.25) is 5.91 Å². The summed E-state index contributed by atoms with van der Waals surface area (Å²) in [6, 6.07) is 16.6. The number of carbonyl (C=O) groups is 1. The standard InChI is InChI=1S/C23H29N3O2/c1-28-22-10-5-9-21-20(22)11-12-23(27)26(21)14-6-13-24-15-17-25(18-16-24)19-7-3-2-4-8-19/h2-5,7-10H,6,11-18H2,1H3. The second-order valence-electron chi connectivity index (χ2n) is 7.52. The molecule has 0 aliphatic carbocycles. The first-order chi connectivity index (χ1) is 13.8. The van der Waals surface area contributed by atoms with Gasteiger partial charge < -0.3 is 14.5 Å². The Morgan fingerprint density at radius 1 is 0.893 bits per heavy atom. The fraction of sp³-hybridized carbons (Fsp3) is 0.435. The van der Waals surface area contributed by atoms with Gasteiger partial charge in [-0.2, -0.15) is 0 Å². The van der Waals surface area contributed by atoms with Crippen LogP contribution in [0.1, 0.15) is 18.4 Å². The third-order valence-electron chi connectivity index (χ3n) is 5.86. The molecule has 0 unspecified atom stereocenters. The fourth-order valence-corrected chi connectivity index (χ4v) is 4.32. The van der Waals surface area contributed by atoms with Crippen LogP contribution >= 0.6 is 0 Å². The van der Waals surface area contributed by atoms with Crippen molar-refractivity contribution in [3.63, 3.8) is 0 Å². The average Bonchev–Trinajstić information content (AvgIpc) is 2.76. The molecule has 1 fully saturated rings. The predicted molar refractivity (Wildman–Crippen MR) is 113 cm³/mol. The summed E-state index contributed by atoms with van der Waals surface area (Å²) in [4.78, 5) is 19.4. The van der Waals surface area contributed by atoms with Gasteiger partial charge in [-0.05, 0) is 43.7 Å². The van der Waals surface area contributed by atoms with E-state index in [0.29, 0.717) is 6.42 Å². The zero-order chi connectivity index (χ0) is 19.3. The molecular formula is C23H29N3O2. The zero-order valence-corrected chi connectivity index (χ0v) is 16.6. The maximum atomic E-state index is 12.5. The van der Waals surface area contributed by atoms with E-state index >= 15 is 0 Å². The van der Waals surface area contributed by atoms with E-state index in [4.69, 9.17) is 4.74 Å². The smallest absolute Gasteiger partial charge is 0.227 e. The quantitative estimate of drug-likeness (QED) is 0.772. The number of rotatable bonds is 6. The van der Waals surface area contributed by atoms with Crippen LogP contribution in [0.4, 0.5) is 11.4 Å². The number of hydrogen-bond donors (Lipinski definition) is 0. The first kappa shape index (κ1) is 18.8. The van der Waals surface area contributed by atoms with Crippen LogP contribution in [0.15, 0.2) is 48.5 Å². The highest BCUT2D eigenvalue weighted by Crippen LogP contribution is 2.34. The van der Waals surface area contributed by atoms with Crippen molar-refractivity contribution < 1.29 is 9.53 Å². The van der Waals surface area contributed by atoms with Crippen LogP contribution in [0.2, 0.25) is 0 Å². The molecule has 0 radical (unpaired) electrons. The Kier molecular flexibility index (Phi) is 5.81. The molecule has 2 aliphatic rings. The molecule has 148 valence electrons. The van der Waals surface area contributed by atoms with Crippen LogP contribution < -0.4 is 14.5 Å². The van der Waals surface area contributed by atoms with E-state index in [9.17, 15) is 4.79 Å². The van der Waals surface area contributed by atoms with Gasteiger partial charge in [0.15, 0.2) is 0 Å². The summed E-state index contributed by atoms with van der Waals surface area (Å²) in [5.74, 6) is 1.13. The molecule has 28 heavy (non-hydrogen) atoms. The van der Waals surface area contributed by atoms with Crippen molar-refractivity contribution in [2.75, 3.05) is 56.2 Å². The van der Waals surface area contributed by atoms with Crippen molar-refractivity contribution in [1.29, 1.82) is 0 Å². The molecule has 5 heteroatoms. The highest BCUT2D eigenvalue weighted by Gasteiger charge is 2.26. The number of carbonyl (C=O) groups excluding carboxylic acids is 1. The van der Waals surface area contributed by atoms with Crippen LogP contribution in [0.3, 0.4) is 0 Å². The molecule has 1 amide bonds. The third-order valence-corrected chi connectivity index (χ3v) is 5.86. The van der Waals surface area contributed by atoms with Gasteiger partial charge in [-0.1, -0.05) is 24.3 Å². The second kappa shape index (κ2) is 8.65. The SMILES string of the molecule is COc1cccc2c1CCC(=O)N2CCCN1CCN(c2ccccc2)CC1. The lowest BCUT2D eigenvalue weighted by Gasteiger charge is -2.36. The van der Waals surface area contributed by atoms with Gasteiger partial charge in [-0.15, -0.1) is 0 Å². The van der Waals surface area contributed by atoms with Gasteiger partial charge in [-0.25, -0.2) is 0 Å². The number of methoxy groups -OCH3 is 1. The number of amides is 1. The Morgan fingerprint density at radius 2 is 1.68 bits per heavy atom. The van der Waals surface area contributed by atoms with Crippen LogP contribution in [0, 0.1) is 0 Å². The molecule has 0 saturated carbocycles. The van der Waals surface area contributed by atoms with Crippen LogP contribution in [0.5, 0.6) is 5.75 Å². The Morgan fingerprint density at radius 3 is 2.43 bits per heavy atom. The van der Waals surface area contributed by atoms with Crippen molar-refractivity contribution in [2.45, 2.75) is 19.3 Å². The maximum absolute atomic E-state index is 12.5. The van der Waals surface area contributed by atoms with E-state index in [1.54, 1.807) is 7.11 Å². The summed E-state index contributed by atoms with van der Waals surface area (Å²) in [5, 5.41) is 0. The highest BCUT2D eigenvalue weighted by atomic mass is 16.5. The number of hydrogen-bond acceptors (Lipinski definition) is 4. The van der Waals surface area contributed by atoms with Gasteiger partial charge in [-0.3, -0.25) is 9.69 Å². The van der Waals surface area contributed by atoms with E-state index in [1.807, 2.05) is 23.1 Å². The molecule has 2 aromatic rings. The lowest BCUT2D eigenvalue weighted by molar-refractivity contribution is -0.118. The first-order valence-corrected chi connectivity index (χ1v) is 10.2. The average molecular weight is 380 g/mol. The molecule has 0 spiro atoms. The monoisotopic (exact) mass is 379 g/mol. The Labute approximate surface area is 167 Å². The fourth-order valence-electron chi connectivity index (χ4n) is 4.32. The molecule has 2 heterocycles. The van der Waals surface area contributed by atoms with Crippen molar-refractivity contribution in [3.8, 4) is 5.75 Å². The largest absolute Gasteiger partial charge is 0.496 e. The summed E-state index contributed by atoms with van der Waals surface area (Å²) >= 11 is 0. The van der Waals surface area contributed by atoms with Gasteiger partial charge >= 0.3 is 0 Å². The van der Waals surface area contributed by atoms with Crippen molar-refractivity contribution in [3.05, 3.63) is 54.1 Å². The molecule has 0 atom stereocenters. The molecule has 0 N–H and O–H groups in total. The lowest BCUT2D eigenvalue weighted by Crippen LogP contribution is -2.47. The Balaban J connectivity index is 1.30. The molecule has 1 saturated heterocycles. The molecule has 4 rings (SSSR count). The van der Waals surface area contributed by atoms with E-state index < -0.39 is 0 Å². The van der Waals surface area contributed by atoms with E-state index in [-0.39, 0.29) is 5.91 Å². The van der Waals surface area contributed by atoms with Crippen molar-refractivity contribution in [2.24, 2.45) is 0 Å². The van der Waals surface area contributed by atoms with Crippen molar-refractivity contribution >= 4 is 17.3 Å². The molecule has 0 bridgehead atoms. The summed E-state index contributed by atoms with van der Waals surface area (Å²) in [7, 11) is 1.70. The van der Waals surface area contributed by atoms with Gasteiger partial charge in [0.1, 0.15) is 5.75 Å². The summed E-state index contributed by atoms with van der Waals surface area (Å²) in [6.07, 6.45) is 2.34. The van der Waals surface area contributed by atoms with E-state index in [0.717, 1.165) is 63.5 Å². The van der Waals surface area contributed by atoms with E-state index in [1.165, 1.54) is 11.3 Å². The molecular weight excluding hydrogens is 350 g/mol. The highest BCUT2D eigenvalue weighted by molar-refractivity contribution is 5.96. The third kappa shape index (κ3) is 3.99. The minimum atomic E-state index is 0.231. The molecule has 5 nitrogen and oxygen atoms in total. The minimum absolute atomic E-state index is 0.231. The van der Waals surface area contributed by atoms with E-state index in [2.05, 4.69) is 40.1 Å². The summed E-state index contributed by atoms with van der Waals surface area (Å²) in [5.41, 5.74) is 3.51. The summed E-state index contributed by atoms with van der Waals surface area (Å²) < 4.78 is 5.49. The predicted octanol–water partition coefficient (Wildman–Crippen LogP) is 3.19. The number of benzene rings is 2. The number of piperazine rings is 1. The normalized spacial score (nSPS) is 17.5. The van der Waals surface area contributed by atoms with Crippen LogP contribution in [-0.4, -0.2) is 57.2 Å². The zero-order valence-electron chi connectivity index (χ0n) is 16.6. The minimum Gasteiger partial charge on any atom is -0.496 e. The number of fused-ring (bicyclic) bond motifs is 1. The van der Waals surface area contributed by atoms with Crippen LogP contribution in [-0.2, 0) is 11.2 Å². The molecule has 0 aromatic heterocycles. The lowest BCUT2D eigenvalue weighted by atomic mass is 10.00. The Hall–Kier alpha value is -2.53. The molecule has 2 aromatic carbocycles. The van der Waals surface area contributed by atoms with Gasteiger partial charge in [0.25, 0.3) is 0 Å². The van der Waals surface area contributed by atoms with Gasteiger partial charge in [0, 0.05) is 50.4 Å². The number of para-hydroxylation sites is 1. The van der Waals surface area contributed by atoms with Crippen molar-refractivity contribution in [1.82, 2.24) is 4.90 Å². The second-order valence-corrected chi connectivity index (χ2v) is 7.52. The summed E-state index contributed by atoms with van der Waals surface area (Å²) in [6.45, 7) is 6.09. The Bertz CT molecular complexity index is 801. The number of nitrogens with zero attached hydrogens (tertiary/aromatic N) is 3. The first-order valence-electron chi connectivity index (χ1n) is 10.2. The topological polar surface area (TPSA) is 36.0 Å². The number of anilines is 2.